The topological polar surface area (TPSA) is 50.7 Å². The second kappa shape index (κ2) is 7.19. The summed E-state index contributed by atoms with van der Waals surface area (Å²) in [5.74, 6) is -0.145. The van der Waals surface area contributed by atoms with E-state index in [1.54, 1.807) is 0 Å². The molecule has 2 aromatic carbocycles. The SMILES string of the molecule is CCOc1ccc(C=NNC(=O)c2cccc(F)c2)cc1. The van der Waals surface area contributed by atoms with Crippen molar-refractivity contribution in [3.8, 4) is 5.75 Å². The highest BCUT2D eigenvalue weighted by atomic mass is 19.1. The maximum atomic E-state index is 13.0. The minimum absolute atomic E-state index is 0.221. The Balaban J connectivity index is 1.94. The molecule has 2 aromatic rings. The summed E-state index contributed by atoms with van der Waals surface area (Å²) in [6, 6.07) is 12.7. The van der Waals surface area contributed by atoms with E-state index in [1.165, 1.54) is 24.4 Å². The minimum atomic E-state index is -0.461. The number of ether oxygens (including phenoxy) is 1. The fraction of sp³-hybridized carbons (Fsp3) is 0.125. The molecule has 0 heterocycles. The van der Waals surface area contributed by atoms with Crippen LogP contribution in [0.15, 0.2) is 53.6 Å². The van der Waals surface area contributed by atoms with E-state index in [-0.39, 0.29) is 5.56 Å². The molecule has 4 nitrogen and oxygen atoms in total. The van der Waals surface area contributed by atoms with Crippen molar-refractivity contribution in [3.63, 3.8) is 0 Å². The first kappa shape index (κ1) is 14.7. The van der Waals surface area contributed by atoms with Crippen LogP contribution in [0.5, 0.6) is 5.75 Å². The molecular formula is C16H15FN2O2. The number of rotatable bonds is 5. The van der Waals surface area contributed by atoms with Crippen LogP contribution in [0.3, 0.4) is 0 Å². The molecule has 21 heavy (non-hydrogen) atoms. The van der Waals surface area contributed by atoms with Gasteiger partial charge >= 0.3 is 0 Å². The van der Waals surface area contributed by atoms with Gasteiger partial charge in [0.25, 0.3) is 5.91 Å². The highest BCUT2D eigenvalue weighted by Crippen LogP contribution is 2.10. The van der Waals surface area contributed by atoms with Gasteiger partial charge in [-0.05, 0) is 55.0 Å². The summed E-state index contributed by atoms with van der Waals surface area (Å²) in [4.78, 5) is 11.7. The van der Waals surface area contributed by atoms with Crippen LogP contribution >= 0.6 is 0 Å². The normalized spacial score (nSPS) is 10.6. The van der Waals surface area contributed by atoms with Gasteiger partial charge in [0, 0.05) is 5.56 Å². The molecule has 2 rings (SSSR count). The van der Waals surface area contributed by atoms with Crippen LogP contribution in [-0.4, -0.2) is 18.7 Å². The standard InChI is InChI=1S/C16H15FN2O2/c1-2-21-15-8-6-12(7-9-15)11-18-19-16(20)13-4-3-5-14(17)10-13/h3-11H,2H2,1H3,(H,19,20). The quantitative estimate of drug-likeness (QED) is 0.678. The number of nitrogens with one attached hydrogen (secondary N) is 1. The van der Waals surface area contributed by atoms with E-state index < -0.39 is 11.7 Å². The van der Waals surface area contributed by atoms with Crippen molar-refractivity contribution in [2.24, 2.45) is 5.10 Å². The summed E-state index contributed by atoms with van der Waals surface area (Å²) in [5.41, 5.74) is 3.39. The van der Waals surface area contributed by atoms with E-state index in [0.717, 1.165) is 17.4 Å². The van der Waals surface area contributed by atoms with Gasteiger partial charge in [0.2, 0.25) is 0 Å². The Morgan fingerprint density at radius 1 is 1.29 bits per heavy atom. The zero-order valence-electron chi connectivity index (χ0n) is 11.5. The third-order valence-electron chi connectivity index (χ3n) is 2.66. The summed E-state index contributed by atoms with van der Waals surface area (Å²) in [6.45, 7) is 2.52. The molecule has 0 aliphatic rings. The van der Waals surface area contributed by atoms with Crippen molar-refractivity contribution >= 4 is 12.1 Å². The van der Waals surface area contributed by atoms with Crippen molar-refractivity contribution < 1.29 is 13.9 Å². The Morgan fingerprint density at radius 3 is 2.71 bits per heavy atom. The van der Waals surface area contributed by atoms with E-state index in [9.17, 15) is 9.18 Å². The van der Waals surface area contributed by atoms with Gasteiger partial charge in [-0.3, -0.25) is 4.79 Å². The molecule has 0 fully saturated rings. The van der Waals surface area contributed by atoms with Crippen LogP contribution < -0.4 is 10.2 Å². The minimum Gasteiger partial charge on any atom is -0.494 e. The Hall–Kier alpha value is -2.69. The molecule has 0 radical (unpaired) electrons. The predicted molar refractivity (Wildman–Crippen MR) is 79.1 cm³/mol. The number of carbonyl (C=O) groups excluding carboxylic acids is 1. The number of amides is 1. The van der Waals surface area contributed by atoms with Crippen LogP contribution in [0.25, 0.3) is 0 Å². The zero-order chi connectivity index (χ0) is 15.1. The lowest BCUT2D eigenvalue weighted by molar-refractivity contribution is 0.0954. The summed E-state index contributed by atoms with van der Waals surface area (Å²) in [6.07, 6.45) is 1.51. The third-order valence-corrected chi connectivity index (χ3v) is 2.66. The van der Waals surface area contributed by atoms with Crippen LogP contribution in [0.2, 0.25) is 0 Å². The van der Waals surface area contributed by atoms with E-state index in [4.69, 9.17) is 4.74 Å². The third kappa shape index (κ3) is 4.42. The molecule has 108 valence electrons. The Bertz CT molecular complexity index is 639. The van der Waals surface area contributed by atoms with E-state index in [1.807, 2.05) is 31.2 Å². The lowest BCUT2D eigenvalue weighted by Gasteiger charge is -2.02. The molecule has 0 bridgehead atoms. The number of benzene rings is 2. The number of carbonyl (C=O) groups is 1. The highest BCUT2D eigenvalue weighted by molar-refractivity contribution is 5.94. The molecule has 0 atom stereocenters. The number of nitrogens with zero attached hydrogens (tertiary/aromatic N) is 1. The average Bonchev–Trinajstić information content (AvgIpc) is 2.49. The largest absolute Gasteiger partial charge is 0.494 e. The lowest BCUT2D eigenvalue weighted by atomic mass is 10.2. The second-order valence-electron chi connectivity index (χ2n) is 4.21. The van der Waals surface area contributed by atoms with Gasteiger partial charge in [0.1, 0.15) is 11.6 Å². The van der Waals surface area contributed by atoms with E-state index >= 15 is 0 Å². The van der Waals surface area contributed by atoms with Gasteiger partial charge in [0.05, 0.1) is 12.8 Å². The Morgan fingerprint density at radius 2 is 2.05 bits per heavy atom. The zero-order valence-corrected chi connectivity index (χ0v) is 11.5. The molecule has 1 amide bonds. The maximum absolute atomic E-state index is 13.0. The lowest BCUT2D eigenvalue weighted by Crippen LogP contribution is -2.17. The molecule has 0 saturated heterocycles. The van der Waals surface area contributed by atoms with Gasteiger partial charge in [-0.25, -0.2) is 9.82 Å². The van der Waals surface area contributed by atoms with Crippen molar-refractivity contribution in [1.29, 1.82) is 0 Å². The van der Waals surface area contributed by atoms with E-state index in [2.05, 4.69) is 10.5 Å². The first-order chi connectivity index (χ1) is 10.2. The summed E-state index contributed by atoms with van der Waals surface area (Å²) in [7, 11) is 0. The number of hydrazone groups is 1. The van der Waals surface area contributed by atoms with Crippen molar-refractivity contribution in [2.45, 2.75) is 6.92 Å². The first-order valence-corrected chi connectivity index (χ1v) is 6.51. The fourth-order valence-corrected chi connectivity index (χ4v) is 1.68. The predicted octanol–water partition coefficient (Wildman–Crippen LogP) is 2.99. The number of hydrogen-bond acceptors (Lipinski definition) is 3. The van der Waals surface area contributed by atoms with Crippen LogP contribution in [0.4, 0.5) is 4.39 Å². The van der Waals surface area contributed by atoms with Gasteiger partial charge in [-0.15, -0.1) is 0 Å². The van der Waals surface area contributed by atoms with Gasteiger partial charge in [0.15, 0.2) is 0 Å². The number of hydrogen-bond donors (Lipinski definition) is 1. The molecular weight excluding hydrogens is 271 g/mol. The number of halogens is 1. The van der Waals surface area contributed by atoms with Crippen molar-refractivity contribution in [2.75, 3.05) is 6.61 Å². The smallest absolute Gasteiger partial charge is 0.271 e. The van der Waals surface area contributed by atoms with Gasteiger partial charge in [-0.2, -0.15) is 5.10 Å². The summed E-state index contributed by atoms with van der Waals surface area (Å²) in [5, 5.41) is 3.84. The van der Waals surface area contributed by atoms with Crippen molar-refractivity contribution in [1.82, 2.24) is 5.43 Å². The molecule has 0 aliphatic carbocycles. The molecule has 0 saturated carbocycles. The van der Waals surface area contributed by atoms with Crippen LogP contribution in [0.1, 0.15) is 22.8 Å². The summed E-state index contributed by atoms with van der Waals surface area (Å²) >= 11 is 0. The van der Waals surface area contributed by atoms with Crippen LogP contribution in [0, 0.1) is 5.82 Å². The first-order valence-electron chi connectivity index (χ1n) is 6.51. The fourth-order valence-electron chi connectivity index (χ4n) is 1.68. The molecule has 0 aliphatic heterocycles. The highest BCUT2D eigenvalue weighted by Gasteiger charge is 2.04. The molecule has 5 heteroatoms. The summed E-state index contributed by atoms with van der Waals surface area (Å²) < 4.78 is 18.3. The van der Waals surface area contributed by atoms with Crippen LogP contribution in [-0.2, 0) is 0 Å². The monoisotopic (exact) mass is 286 g/mol. The van der Waals surface area contributed by atoms with Gasteiger partial charge < -0.3 is 4.74 Å². The average molecular weight is 286 g/mol. The molecule has 0 unspecified atom stereocenters. The maximum Gasteiger partial charge on any atom is 0.271 e. The van der Waals surface area contributed by atoms with Gasteiger partial charge in [-0.1, -0.05) is 6.07 Å². The molecule has 1 N–H and O–H groups in total. The van der Waals surface area contributed by atoms with E-state index in [0.29, 0.717) is 6.61 Å². The van der Waals surface area contributed by atoms with Crippen molar-refractivity contribution in [3.05, 3.63) is 65.5 Å². The molecule has 0 aromatic heterocycles. The Kier molecular flexibility index (Phi) is 5.04. The Labute approximate surface area is 122 Å². The molecule has 0 spiro atoms. The second-order valence-corrected chi connectivity index (χ2v) is 4.21.